The average Bonchev–Trinajstić information content (AvgIpc) is 2.42. The van der Waals surface area contributed by atoms with E-state index < -0.39 is 0 Å². The van der Waals surface area contributed by atoms with Crippen molar-refractivity contribution in [2.24, 2.45) is 0 Å². The standard InChI is InChI=1S/C16H23NO2/c1-2-19-16(18)13-17-11-7-6-10-15(17)12-14-8-4-3-5-9-14/h3-5,8-9,15H,2,6-7,10-13H2,1H3. The van der Waals surface area contributed by atoms with Crippen LogP contribution in [-0.4, -0.2) is 36.6 Å². The first kappa shape index (κ1) is 14.1. The second-order valence-electron chi connectivity index (χ2n) is 5.11. The third kappa shape index (κ3) is 4.35. The van der Waals surface area contributed by atoms with E-state index in [2.05, 4.69) is 29.2 Å². The van der Waals surface area contributed by atoms with Gasteiger partial charge in [0.25, 0.3) is 0 Å². The zero-order valence-electron chi connectivity index (χ0n) is 11.7. The van der Waals surface area contributed by atoms with Gasteiger partial charge in [0.15, 0.2) is 0 Å². The highest BCUT2D eigenvalue weighted by Gasteiger charge is 2.24. The van der Waals surface area contributed by atoms with Crippen molar-refractivity contribution in [2.75, 3.05) is 19.7 Å². The Labute approximate surface area is 115 Å². The first-order valence-corrected chi connectivity index (χ1v) is 7.23. The Bertz CT molecular complexity index is 391. The van der Waals surface area contributed by atoms with E-state index >= 15 is 0 Å². The Kier molecular flexibility index (Phi) is 5.40. The number of esters is 1. The van der Waals surface area contributed by atoms with Crippen molar-refractivity contribution >= 4 is 5.97 Å². The predicted molar refractivity (Wildman–Crippen MR) is 76.0 cm³/mol. The fourth-order valence-electron chi connectivity index (χ4n) is 2.76. The number of ether oxygens (including phenoxy) is 1. The number of benzene rings is 1. The molecule has 3 nitrogen and oxygen atoms in total. The van der Waals surface area contributed by atoms with Gasteiger partial charge >= 0.3 is 5.97 Å². The molecule has 104 valence electrons. The van der Waals surface area contributed by atoms with Crippen LogP contribution < -0.4 is 0 Å². The van der Waals surface area contributed by atoms with Gasteiger partial charge in [-0.15, -0.1) is 0 Å². The molecule has 1 aliphatic rings. The van der Waals surface area contributed by atoms with Crippen LogP contribution in [0.2, 0.25) is 0 Å². The predicted octanol–water partition coefficient (Wildman–Crippen LogP) is 2.65. The van der Waals surface area contributed by atoms with Crippen LogP contribution in [0.25, 0.3) is 0 Å². The molecule has 19 heavy (non-hydrogen) atoms. The minimum atomic E-state index is -0.0949. The fraction of sp³-hybridized carbons (Fsp3) is 0.562. The number of hydrogen-bond acceptors (Lipinski definition) is 3. The number of nitrogens with zero attached hydrogens (tertiary/aromatic N) is 1. The molecule has 1 unspecified atom stereocenters. The molecule has 0 saturated carbocycles. The van der Waals surface area contributed by atoms with Crippen LogP contribution in [0.3, 0.4) is 0 Å². The zero-order valence-corrected chi connectivity index (χ0v) is 11.7. The van der Waals surface area contributed by atoms with Crippen molar-refractivity contribution in [1.82, 2.24) is 4.90 Å². The molecule has 0 aliphatic carbocycles. The Hall–Kier alpha value is -1.35. The molecular weight excluding hydrogens is 238 g/mol. The van der Waals surface area contributed by atoms with Crippen molar-refractivity contribution in [3.63, 3.8) is 0 Å². The van der Waals surface area contributed by atoms with E-state index in [4.69, 9.17) is 4.74 Å². The second-order valence-corrected chi connectivity index (χ2v) is 5.11. The van der Waals surface area contributed by atoms with Crippen LogP contribution in [0.15, 0.2) is 30.3 Å². The van der Waals surface area contributed by atoms with Crippen molar-refractivity contribution in [3.05, 3.63) is 35.9 Å². The number of piperidine rings is 1. The molecule has 1 aromatic carbocycles. The van der Waals surface area contributed by atoms with Gasteiger partial charge in [-0.25, -0.2) is 0 Å². The summed E-state index contributed by atoms with van der Waals surface area (Å²) in [6.45, 7) is 3.77. The molecule has 0 bridgehead atoms. The van der Waals surface area contributed by atoms with Crippen LogP contribution >= 0.6 is 0 Å². The molecule has 0 spiro atoms. The summed E-state index contributed by atoms with van der Waals surface area (Å²) >= 11 is 0. The maximum Gasteiger partial charge on any atom is 0.320 e. The smallest absolute Gasteiger partial charge is 0.320 e. The van der Waals surface area contributed by atoms with E-state index in [-0.39, 0.29) is 5.97 Å². The number of carbonyl (C=O) groups is 1. The number of rotatable bonds is 5. The van der Waals surface area contributed by atoms with Crippen LogP contribution in [0, 0.1) is 0 Å². The van der Waals surface area contributed by atoms with E-state index in [1.54, 1.807) is 0 Å². The first-order chi connectivity index (χ1) is 9.29. The highest BCUT2D eigenvalue weighted by molar-refractivity contribution is 5.71. The summed E-state index contributed by atoms with van der Waals surface area (Å²) in [7, 11) is 0. The molecule has 1 fully saturated rings. The number of carbonyl (C=O) groups excluding carboxylic acids is 1. The number of likely N-dealkylation sites (tertiary alicyclic amines) is 1. The molecule has 1 atom stereocenters. The molecule has 1 heterocycles. The van der Waals surface area contributed by atoms with Crippen LogP contribution in [-0.2, 0) is 16.0 Å². The summed E-state index contributed by atoms with van der Waals surface area (Å²) < 4.78 is 5.06. The normalized spacial score (nSPS) is 20.2. The zero-order chi connectivity index (χ0) is 13.5. The van der Waals surface area contributed by atoms with Crippen LogP contribution in [0.5, 0.6) is 0 Å². The van der Waals surface area contributed by atoms with E-state index in [9.17, 15) is 4.79 Å². The van der Waals surface area contributed by atoms with Crippen molar-refractivity contribution < 1.29 is 9.53 Å². The molecule has 0 amide bonds. The van der Waals surface area contributed by atoms with Crippen LogP contribution in [0.4, 0.5) is 0 Å². The average molecular weight is 261 g/mol. The van der Waals surface area contributed by atoms with Gasteiger partial charge in [0.1, 0.15) is 0 Å². The van der Waals surface area contributed by atoms with Gasteiger partial charge in [0, 0.05) is 6.04 Å². The molecule has 0 N–H and O–H groups in total. The highest BCUT2D eigenvalue weighted by atomic mass is 16.5. The third-order valence-electron chi connectivity index (χ3n) is 3.70. The summed E-state index contributed by atoms with van der Waals surface area (Å²) in [5.41, 5.74) is 1.35. The number of hydrogen-bond donors (Lipinski definition) is 0. The van der Waals surface area contributed by atoms with Crippen molar-refractivity contribution in [3.8, 4) is 0 Å². The maximum atomic E-state index is 11.6. The summed E-state index contributed by atoms with van der Waals surface area (Å²) in [6.07, 6.45) is 4.65. The van der Waals surface area contributed by atoms with E-state index in [1.165, 1.54) is 24.8 Å². The fourth-order valence-corrected chi connectivity index (χ4v) is 2.76. The lowest BCUT2D eigenvalue weighted by atomic mass is 9.95. The van der Waals surface area contributed by atoms with Gasteiger partial charge in [-0.3, -0.25) is 9.69 Å². The van der Waals surface area contributed by atoms with Gasteiger partial charge in [-0.05, 0) is 38.3 Å². The SMILES string of the molecule is CCOC(=O)CN1CCCCC1Cc1ccccc1. The lowest BCUT2D eigenvalue weighted by Gasteiger charge is -2.35. The summed E-state index contributed by atoms with van der Waals surface area (Å²) in [5.74, 6) is -0.0949. The molecular formula is C16H23NO2. The largest absolute Gasteiger partial charge is 0.465 e. The quantitative estimate of drug-likeness (QED) is 0.763. The van der Waals surface area contributed by atoms with E-state index in [0.717, 1.165) is 13.0 Å². The molecule has 0 aromatic heterocycles. The Morgan fingerprint density at radius 2 is 2.11 bits per heavy atom. The topological polar surface area (TPSA) is 29.5 Å². The van der Waals surface area contributed by atoms with Gasteiger partial charge in [-0.1, -0.05) is 36.8 Å². The van der Waals surface area contributed by atoms with E-state index in [0.29, 0.717) is 19.2 Å². The van der Waals surface area contributed by atoms with Crippen LogP contribution in [0.1, 0.15) is 31.7 Å². The maximum absolute atomic E-state index is 11.6. The Morgan fingerprint density at radius 1 is 1.32 bits per heavy atom. The molecule has 1 saturated heterocycles. The van der Waals surface area contributed by atoms with Gasteiger partial charge in [0.2, 0.25) is 0 Å². The minimum Gasteiger partial charge on any atom is -0.465 e. The monoisotopic (exact) mass is 261 g/mol. The first-order valence-electron chi connectivity index (χ1n) is 7.23. The molecule has 0 radical (unpaired) electrons. The van der Waals surface area contributed by atoms with Gasteiger partial charge in [-0.2, -0.15) is 0 Å². The summed E-state index contributed by atoms with van der Waals surface area (Å²) in [4.78, 5) is 13.9. The summed E-state index contributed by atoms with van der Waals surface area (Å²) in [5, 5.41) is 0. The third-order valence-corrected chi connectivity index (χ3v) is 3.70. The molecule has 3 heteroatoms. The Morgan fingerprint density at radius 3 is 2.84 bits per heavy atom. The van der Waals surface area contributed by atoms with Crippen molar-refractivity contribution in [2.45, 2.75) is 38.6 Å². The lowest BCUT2D eigenvalue weighted by molar-refractivity contribution is -0.145. The minimum absolute atomic E-state index is 0.0949. The lowest BCUT2D eigenvalue weighted by Crippen LogP contribution is -2.44. The molecule has 2 rings (SSSR count). The molecule has 1 aromatic rings. The highest BCUT2D eigenvalue weighted by Crippen LogP contribution is 2.20. The second kappa shape index (κ2) is 7.29. The summed E-state index contributed by atoms with van der Waals surface area (Å²) in [6, 6.07) is 11.0. The van der Waals surface area contributed by atoms with Crippen molar-refractivity contribution in [1.29, 1.82) is 0 Å². The Balaban J connectivity index is 1.94. The van der Waals surface area contributed by atoms with Gasteiger partial charge in [0.05, 0.1) is 13.2 Å². The molecule has 1 aliphatic heterocycles. The van der Waals surface area contributed by atoms with Gasteiger partial charge < -0.3 is 4.74 Å². The van der Waals surface area contributed by atoms with E-state index in [1.807, 2.05) is 13.0 Å².